The first-order valence-electron chi connectivity index (χ1n) is 8.07. The van der Waals surface area contributed by atoms with Gasteiger partial charge in [-0.05, 0) is 38.0 Å². The molecule has 2 aromatic rings. The summed E-state index contributed by atoms with van der Waals surface area (Å²) in [7, 11) is -3.41. The molecular weight excluding hydrogens is 342 g/mol. The van der Waals surface area contributed by atoms with E-state index in [4.69, 9.17) is 0 Å². The van der Waals surface area contributed by atoms with Crippen molar-refractivity contribution in [3.05, 3.63) is 45.4 Å². The highest BCUT2D eigenvalue weighted by atomic mass is 32.2. The number of thiazole rings is 1. The van der Waals surface area contributed by atoms with Crippen LogP contribution in [0.1, 0.15) is 21.0 Å². The normalized spacial score (nSPS) is 17.3. The maximum Gasteiger partial charge on any atom is 0.243 e. The van der Waals surface area contributed by atoms with Crippen LogP contribution in [-0.2, 0) is 16.6 Å². The van der Waals surface area contributed by atoms with Gasteiger partial charge in [-0.15, -0.1) is 11.3 Å². The maximum absolute atomic E-state index is 12.9. The smallest absolute Gasteiger partial charge is 0.243 e. The average Bonchev–Trinajstić information content (AvgIpc) is 2.95. The summed E-state index contributed by atoms with van der Waals surface area (Å²) in [6.45, 7) is 9.16. The minimum absolute atomic E-state index is 0.437. The van der Waals surface area contributed by atoms with E-state index in [1.54, 1.807) is 21.7 Å². The van der Waals surface area contributed by atoms with Crippen molar-refractivity contribution in [1.82, 2.24) is 14.2 Å². The van der Waals surface area contributed by atoms with Crippen LogP contribution in [0.25, 0.3) is 0 Å². The van der Waals surface area contributed by atoms with Crippen molar-refractivity contribution in [2.45, 2.75) is 32.2 Å². The minimum atomic E-state index is -3.41. The van der Waals surface area contributed by atoms with Crippen LogP contribution in [0.4, 0.5) is 0 Å². The first kappa shape index (κ1) is 17.5. The molecule has 2 heterocycles. The Balaban J connectivity index is 1.68. The molecule has 1 aliphatic heterocycles. The van der Waals surface area contributed by atoms with Crippen molar-refractivity contribution in [1.29, 1.82) is 0 Å². The standard InChI is InChI=1S/C17H23N3O2S2/c1-13-4-5-14(2)16(10-13)24(21,22)20-8-6-19(7-9-20)12-17-18-11-15(3)23-17/h4-5,10-11H,6-9,12H2,1-3H3. The van der Waals surface area contributed by atoms with Crippen molar-refractivity contribution in [2.24, 2.45) is 0 Å². The van der Waals surface area contributed by atoms with Crippen molar-refractivity contribution >= 4 is 21.4 Å². The molecule has 7 heteroatoms. The Kier molecular flexibility index (Phi) is 5.05. The number of sulfonamides is 1. The van der Waals surface area contributed by atoms with E-state index in [0.717, 1.165) is 35.8 Å². The largest absolute Gasteiger partial charge is 0.294 e. The van der Waals surface area contributed by atoms with E-state index in [2.05, 4.69) is 16.8 Å². The molecule has 0 saturated carbocycles. The molecule has 0 atom stereocenters. The van der Waals surface area contributed by atoms with Crippen molar-refractivity contribution in [2.75, 3.05) is 26.2 Å². The number of aryl methyl sites for hydroxylation is 3. The number of nitrogens with zero attached hydrogens (tertiary/aromatic N) is 3. The zero-order valence-corrected chi connectivity index (χ0v) is 16.0. The molecule has 0 spiro atoms. The van der Waals surface area contributed by atoms with Gasteiger partial charge >= 0.3 is 0 Å². The molecule has 0 unspecified atom stereocenters. The van der Waals surface area contributed by atoms with Crippen molar-refractivity contribution in [3.8, 4) is 0 Å². The first-order valence-corrected chi connectivity index (χ1v) is 10.3. The molecule has 0 amide bonds. The third kappa shape index (κ3) is 3.69. The zero-order valence-electron chi connectivity index (χ0n) is 14.3. The molecule has 0 bridgehead atoms. The highest BCUT2D eigenvalue weighted by molar-refractivity contribution is 7.89. The van der Waals surface area contributed by atoms with E-state index in [1.165, 1.54) is 4.88 Å². The number of piperazine rings is 1. The molecule has 5 nitrogen and oxygen atoms in total. The quantitative estimate of drug-likeness (QED) is 0.836. The van der Waals surface area contributed by atoms with Gasteiger partial charge in [0.2, 0.25) is 10.0 Å². The second-order valence-electron chi connectivity index (χ2n) is 6.31. The fraction of sp³-hybridized carbons (Fsp3) is 0.471. The first-order chi connectivity index (χ1) is 11.4. The van der Waals surface area contributed by atoms with Gasteiger partial charge in [0.1, 0.15) is 5.01 Å². The van der Waals surface area contributed by atoms with E-state index >= 15 is 0 Å². The van der Waals surface area contributed by atoms with Gasteiger partial charge in [0, 0.05) is 37.3 Å². The summed E-state index contributed by atoms with van der Waals surface area (Å²) < 4.78 is 27.5. The van der Waals surface area contributed by atoms with E-state index in [0.29, 0.717) is 18.0 Å². The molecule has 130 valence electrons. The lowest BCUT2D eigenvalue weighted by atomic mass is 10.2. The third-order valence-electron chi connectivity index (χ3n) is 4.32. The van der Waals surface area contributed by atoms with Crippen LogP contribution in [0.5, 0.6) is 0 Å². The molecule has 1 aromatic carbocycles. The van der Waals surface area contributed by atoms with Crippen molar-refractivity contribution < 1.29 is 8.42 Å². The molecule has 1 aromatic heterocycles. The summed E-state index contributed by atoms with van der Waals surface area (Å²) in [6.07, 6.45) is 1.89. The fourth-order valence-electron chi connectivity index (χ4n) is 2.92. The predicted octanol–water partition coefficient (Wildman–Crippen LogP) is 2.57. The number of hydrogen-bond donors (Lipinski definition) is 0. The lowest BCUT2D eigenvalue weighted by Gasteiger charge is -2.33. The zero-order chi connectivity index (χ0) is 17.3. The number of benzene rings is 1. The summed E-state index contributed by atoms with van der Waals surface area (Å²) in [5.74, 6) is 0. The van der Waals surface area contributed by atoms with Crippen LogP contribution in [0, 0.1) is 20.8 Å². The Hall–Kier alpha value is -1.28. The van der Waals surface area contributed by atoms with Crippen LogP contribution >= 0.6 is 11.3 Å². The van der Waals surface area contributed by atoms with Crippen molar-refractivity contribution in [3.63, 3.8) is 0 Å². The number of rotatable bonds is 4. The Bertz CT molecular complexity index is 822. The molecule has 1 aliphatic rings. The fourth-order valence-corrected chi connectivity index (χ4v) is 5.48. The van der Waals surface area contributed by atoms with E-state index in [-0.39, 0.29) is 0 Å². The van der Waals surface area contributed by atoms with Crippen LogP contribution < -0.4 is 0 Å². The van der Waals surface area contributed by atoms with Crippen LogP contribution in [0.3, 0.4) is 0 Å². The second kappa shape index (κ2) is 6.92. The lowest BCUT2D eigenvalue weighted by Crippen LogP contribution is -2.48. The number of aromatic nitrogens is 1. The van der Waals surface area contributed by atoms with Gasteiger partial charge in [-0.25, -0.2) is 13.4 Å². The van der Waals surface area contributed by atoms with Gasteiger partial charge in [0.15, 0.2) is 0 Å². The summed E-state index contributed by atoms with van der Waals surface area (Å²) in [5, 5.41) is 1.10. The predicted molar refractivity (Wildman–Crippen MR) is 96.8 cm³/mol. The molecule has 1 fully saturated rings. The Labute approximate surface area is 148 Å². The SMILES string of the molecule is Cc1ccc(C)c(S(=O)(=O)N2CCN(Cc3ncc(C)s3)CC2)c1. The van der Waals surface area contributed by atoms with Gasteiger partial charge in [0.05, 0.1) is 11.4 Å². The topological polar surface area (TPSA) is 53.5 Å². The summed E-state index contributed by atoms with van der Waals surface area (Å²) in [6, 6.07) is 5.60. The van der Waals surface area contributed by atoms with E-state index in [9.17, 15) is 8.42 Å². The Morgan fingerprint density at radius 1 is 1.12 bits per heavy atom. The van der Waals surface area contributed by atoms with Gasteiger partial charge in [-0.1, -0.05) is 12.1 Å². The Morgan fingerprint density at radius 2 is 1.83 bits per heavy atom. The molecule has 0 N–H and O–H groups in total. The van der Waals surface area contributed by atoms with Crippen LogP contribution in [0.2, 0.25) is 0 Å². The molecule has 24 heavy (non-hydrogen) atoms. The lowest BCUT2D eigenvalue weighted by molar-refractivity contribution is 0.181. The molecule has 1 saturated heterocycles. The monoisotopic (exact) mass is 365 g/mol. The van der Waals surface area contributed by atoms with Gasteiger partial charge in [0.25, 0.3) is 0 Å². The molecule has 0 radical (unpaired) electrons. The van der Waals surface area contributed by atoms with E-state index < -0.39 is 10.0 Å². The summed E-state index contributed by atoms with van der Waals surface area (Å²) in [5.41, 5.74) is 1.78. The molecule has 0 aliphatic carbocycles. The van der Waals surface area contributed by atoms with Gasteiger partial charge in [-0.2, -0.15) is 4.31 Å². The average molecular weight is 366 g/mol. The Morgan fingerprint density at radius 3 is 2.46 bits per heavy atom. The minimum Gasteiger partial charge on any atom is -0.294 e. The van der Waals surface area contributed by atoms with Gasteiger partial charge in [-0.3, -0.25) is 4.90 Å². The molecular formula is C17H23N3O2S2. The van der Waals surface area contributed by atoms with E-state index in [1.807, 2.05) is 32.2 Å². The summed E-state index contributed by atoms with van der Waals surface area (Å²) in [4.78, 5) is 8.31. The molecule has 3 rings (SSSR count). The highest BCUT2D eigenvalue weighted by Gasteiger charge is 2.29. The van der Waals surface area contributed by atoms with Crippen LogP contribution in [0.15, 0.2) is 29.3 Å². The highest BCUT2D eigenvalue weighted by Crippen LogP contribution is 2.23. The van der Waals surface area contributed by atoms with Crippen LogP contribution in [-0.4, -0.2) is 48.8 Å². The third-order valence-corrected chi connectivity index (χ3v) is 7.26. The van der Waals surface area contributed by atoms with Gasteiger partial charge < -0.3 is 0 Å². The second-order valence-corrected chi connectivity index (χ2v) is 9.54. The number of hydrogen-bond acceptors (Lipinski definition) is 5. The summed E-state index contributed by atoms with van der Waals surface area (Å²) >= 11 is 1.70. The maximum atomic E-state index is 12.9.